The summed E-state index contributed by atoms with van der Waals surface area (Å²) >= 11 is 0. The van der Waals surface area contributed by atoms with Crippen LogP contribution in [0.15, 0.2) is 66.3 Å². The number of carbonyl (C=O) groups excluding carboxylic acids is 1. The molecule has 180 valence electrons. The summed E-state index contributed by atoms with van der Waals surface area (Å²) in [4.78, 5) is 22.5. The van der Waals surface area contributed by atoms with E-state index in [1.807, 2.05) is 30.3 Å². The molecule has 0 aromatic heterocycles. The lowest BCUT2D eigenvalue weighted by atomic mass is 9.87. The summed E-state index contributed by atoms with van der Waals surface area (Å²) in [6.07, 6.45) is 10.3. The Morgan fingerprint density at radius 1 is 1.15 bits per heavy atom. The number of allylic oxidation sites excluding steroid dienone is 3. The Balaban J connectivity index is 3.01. The van der Waals surface area contributed by atoms with Gasteiger partial charge in [-0.15, -0.1) is 0 Å². The van der Waals surface area contributed by atoms with Crippen LogP contribution in [0.4, 0.5) is 0 Å². The largest absolute Gasteiger partial charge is 0.497 e. The van der Waals surface area contributed by atoms with Crippen LogP contribution in [0.1, 0.15) is 57.1 Å². The van der Waals surface area contributed by atoms with Crippen LogP contribution in [-0.2, 0) is 16.0 Å². The molecule has 1 rings (SSSR count). The maximum atomic E-state index is 12.0. The molecule has 0 aliphatic heterocycles. The van der Waals surface area contributed by atoms with Crippen LogP contribution in [0, 0.1) is 12.8 Å². The van der Waals surface area contributed by atoms with E-state index in [-0.39, 0.29) is 25.3 Å². The number of carboxylic acid groups (broad SMARTS) is 1. The smallest absolute Gasteiger partial charge is 0.305 e. The molecule has 5 heteroatoms. The van der Waals surface area contributed by atoms with E-state index < -0.39 is 5.97 Å². The fourth-order valence-electron chi connectivity index (χ4n) is 3.52. The van der Waals surface area contributed by atoms with Crippen molar-refractivity contribution in [1.82, 2.24) is 5.32 Å². The van der Waals surface area contributed by atoms with E-state index >= 15 is 0 Å². The second kappa shape index (κ2) is 16.5. The number of carbonyl (C=O) groups is 2. The third-order valence-electron chi connectivity index (χ3n) is 5.15. The molecule has 0 saturated heterocycles. The number of hydrogen-bond acceptors (Lipinski definition) is 3. The summed E-state index contributed by atoms with van der Waals surface area (Å²) in [6.45, 7) is 6.52. The zero-order valence-electron chi connectivity index (χ0n) is 20.5. The van der Waals surface area contributed by atoms with Gasteiger partial charge in [-0.1, -0.05) is 68.8 Å². The molecule has 0 aliphatic rings. The van der Waals surface area contributed by atoms with Crippen LogP contribution in [-0.4, -0.2) is 30.6 Å². The third kappa shape index (κ3) is 12.5. The van der Waals surface area contributed by atoms with Crippen LogP contribution in [0.25, 0.3) is 0 Å². The summed E-state index contributed by atoms with van der Waals surface area (Å²) < 4.78 is 5.37. The quantitative estimate of drug-likeness (QED) is 0.361. The average Bonchev–Trinajstić information content (AvgIpc) is 2.77. The van der Waals surface area contributed by atoms with Gasteiger partial charge >= 0.3 is 5.97 Å². The van der Waals surface area contributed by atoms with Crippen molar-refractivity contribution in [1.29, 1.82) is 0 Å². The number of hydrogen-bond donors (Lipinski definition) is 2. The zero-order valence-corrected chi connectivity index (χ0v) is 20.5. The van der Waals surface area contributed by atoms with E-state index in [0.717, 1.165) is 37.0 Å². The van der Waals surface area contributed by atoms with Crippen LogP contribution < -0.4 is 10.1 Å². The fraction of sp³-hybridized carbons (Fsp3) is 0.429. The maximum Gasteiger partial charge on any atom is 0.305 e. The van der Waals surface area contributed by atoms with Gasteiger partial charge in [0, 0.05) is 13.0 Å². The van der Waals surface area contributed by atoms with Crippen molar-refractivity contribution in [2.45, 2.75) is 59.3 Å². The molecule has 0 aliphatic carbocycles. The number of rotatable bonds is 13. The Morgan fingerprint density at radius 3 is 2.58 bits per heavy atom. The number of amides is 1. The Morgan fingerprint density at radius 2 is 1.91 bits per heavy atom. The lowest BCUT2D eigenvalue weighted by Crippen LogP contribution is -2.25. The lowest BCUT2D eigenvalue weighted by Gasteiger charge is -2.18. The molecule has 1 atom stereocenters. The van der Waals surface area contributed by atoms with Gasteiger partial charge < -0.3 is 15.2 Å². The highest BCUT2D eigenvalue weighted by Crippen LogP contribution is 2.24. The summed E-state index contributed by atoms with van der Waals surface area (Å²) in [5.74, 6) is 0.0903. The second-order valence-electron chi connectivity index (χ2n) is 8.02. The highest BCUT2D eigenvalue weighted by Gasteiger charge is 2.12. The highest BCUT2D eigenvalue weighted by molar-refractivity contribution is 5.78. The number of nitrogens with one attached hydrogen (secondary N) is 1. The van der Waals surface area contributed by atoms with Crippen molar-refractivity contribution < 1.29 is 19.4 Å². The average molecular weight is 454 g/mol. The Kier molecular flexibility index (Phi) is 14.0. The molecule has 1 aromatic rings. The van der Waals surface area contributed by atoms with Gasteiger partial charge in [0.1, 0.15) is 5.75 Å². The molecule has 0 saturated carbocycles. The van der Waals surface area contributed by atoms with Gasteiger partial charge in [-0.25, -0.2) is 0 Å². The van der Waals surface area contributed by atoms with Gasteiger partial charge in [-0.3, -0.25) is 9.59 Å². The van der Waals surface area contributed by atoms with E-state index in [1.165, 1.54) is 11.1 Å². The molecule has 0 bridgehead atoms. The fourth-order valence-corrected chi connectivity index (χ4v) is 3.52. The van der Waals surface area contributed by atoms with Crippen LogP contribution >= 0.6 is 0 Å². The highest BCUT2D eigenvalue weighted by atomic mass is 16.5. The van der Waals surface area contributed by atoms with Gasteiger partial charge in [0.2, 0.25) is 5.91 Å². The molecule has 0 heterocycles. The summed E-state index contributed by atoms with van der Waals surface area (Å²) in [5.41, 5.74) is 3.60. The molecular formula is C28H39NO4. The predicted octanol–water partition coefficient (Wildman–Crippen LogP) is 5.96. The van der Waals surface area contributed by atoms with Crippen molar-refractivity contribution >= 4 is 11.9 Å². The van der Waals surface area contributed by atoms with E-state index in [4.69, 9.17) is 9.84 Å². The van der Waals surface area contributed by atoms with E-state index in [9.17, 15) is 9.59 Å². The molecule has 1 unspecified atom stereocenters. The number of ether oxygens (including phenoxy) is 1. The second-order valence-corrected chi connectivity index (χ2v) is 8.02. The van der Waals surface area contributed by atoms with Gasteiger partial charge in [0.15, 0.2) is 0 Å². The standard InChI is InChI=1S/C28H39NO4/c1-5-10-24(13-9-15-27(30)29-19-18-28(31)32)25(11-6-2)21-23-12-7-8-14-26(33-4)20-22(3)16-17-23/h7-10,12-14,16-17,20,25H,5-6,11,15,18-19,21H2,1-4H3,(H,29,30)(H,31,32)/b8-7?,12-7?,13-9-,14-8?,17-16?,22-16?,22-20?,23-12?,23-17?,24-10+,26-14?,26-20?. The maximum absolute atomic E-state index is 12.0. The first-order chi connectivity index (χ1) is 15.9. The number of methoxy groups -OCH3 is 1. The minimum atomic E-state index is -0.916. The Hall–Kier alpha value is -3.08. The van der Waals surface area contributed by atoms with Crippen molar-refractivity contribution in [3.63, 3.8) is 0 Å². The zero-order chi connectivity index (χ0) is 24.5. The first-order valence-corrected chi connectivity index (χ1v) is 11.7. The van der Waals surface area contributed by atoms with Crippen molar-refractivity contribution in [2.24, 2.45) is 5.92 Å². The summed E-state index contributed by atoms with van der Waals surface area (Å²) in [5, 5.41) is 11.3. The lowest BCUT2D eigenvalue weighted by molar-refractivity contribution is -0.136. The van der Waals surface area contributed by atoms with Gasteiger partial charge in [-0.05, 0) is 60.9 Å². The molecule has 1 aromatic carbocycles. The number of aliphatic carboxylic acids is 1. The van der Waals surface area contributed by atoms with Gasteiger partial charge in [0.05, 0.1) is 13.5 Å². The monoisotopic (exact) mass is 453 g/mol. The Bertz CT molecular complexity index is 872. The molecule has 33 heavy (non-hydrogen) atoms. The molecule has 1 amide bonds. The summed E-state index contributed by atoms with van der Waals surface area (Å²) in [6, 6.07) is 14.4. The van der Waals surface area contributed by atoms with Crippen molar-refractivity contribution in [3.05, 3.63) is 77.4 Å². The molecule has 0 fully saturated rings. The molecular weight excluding hydrogens is 414 g/mol. The van der Waals surface area contributed by atoms with Crippen molar-refractivity contribution in [2.75, 3.05) is 13.7 Å². The van der Waals surface area contributed by atoms with E-state index in [0.29, 0.717) is 5.92 Å². The predicted molar refractivity (Wildman–Crippen MR) is 135 cm³/mol. The third-order valence-corrected chi connectivity index (χ3v) is 5.15. The van der Waals surface area contributed by atoms with E-state index in [1.54, 1.807) is 7.11 Å². The minimum absolute atomic E-state index is 0.0661. The van der Waals surface area contributed by atoms with Crippen LogP contribution in [0.2, 0.25) is 0 Å². The van der Waals surface area contributed by atoms with Gasteiger partial charge in [0.25, 0.3) is 0 Å². The SMILES string of the molecule is CC/C=C(\C=C/CC(=O)NCCC(=O)O)C(CCC)Cc1ccccc(OC)cc(C)cc1. The van der Waals surface area contributed by atoms with Gasteiger partial charge in [-0.2, -0.15) is 0 Å². The summed E-state index contributed by atoms with van der Waals surface area (Å²) in [7, 11) is 1.67. The first-order valence-electron chi connectivity index (χ1n) is 11.7. The molecule has 0 radical (unpaired) electrons. The van der Waals surface area contributed by atoms with Crippen molar-refractivity contribution in [3.8, 4) is 5.75 Å². The normalized spacial score (nSPS) is 12.2. The minimum Gasteiger partial charge on any atom is -0.497 e. The van der Waals surface area contributed by atoms with E-state index in [2.05, 4.69) is 56.4 Å². The Labute approximate surface area is 198 Å². The van der Waals surface area contributed by atoms with Crippen LogP contribution in [0.5, 0.6) is 5.75 Å². The first kappa shape index (κ1) is 28.0. The molecule has 2 N–H and O–H groups in total. The van der Waals surface area contributed by atoms with Crippen LogP contribution in [0.3, 0.4) is 0 Å². The number of carboxylic acids is 1. The topological polar surface area (TPSA) is 75.6 Å². The number of aryl methyl sites for hydroxylation is 1. The molecule has 5 nitrogen and oxygen atoms in total. The molecule has 0 spiro atoms.